The van der Waals surface area contributed by atoms with Gasteiger partial charge in [-0.15, -0.1) is 0 Å². The van der Waals surface area contributed by atoms with E-state index in [9.17, 15) is 13.7 Å². The van der Waals surface area contributed by atoms with E-state index in [4.69, 9.17) is 0 Å². The molecular weight excluding hydrogens is 272 g/mol. The molecule has 0 spiro atoms. The number of sulfonamides is 1. The number of rotatable bonds is 4. The lowest BCUT2D eigenvalue weighted by Gasteiger charge is -2.40. The first-order chi connectivity index (χ1) is 9.10. The fourth-order valence-corrected chi connectivity index (χ4v) is 4.47. The van der Waals surface area contributed by atoms with E-state index >= 15 is 0 Å². The minimum absolute atomic E-state index is 0.0693. The Morgan fingerprint density at radius 1 is 1.30 bits per heavy atom. The van der Waals surface area contributed by atoms with Crippen molar-refractivity contribution in [1.82, 2.24) is 4.31 Å². The molecule has 20 heavy (non-hydrogen) atoms. The summed E-state index contributed by atoms with van der Waals surface area (Å²) in [6.45, 7) is 7.83. The van der Waals surface area contributed by atoms with Crippen LogP contribution >= 0.6 is 0 Å². The van der Waals surface area contributed by atoms with Crippen LogP contribution in [0.25, 0.3) is 0 Å². The van der Waals surface area contributed by atoms with Crippen molar-refractivity contribution in [3.05, 3.63) is 23.3 Å². The average Bonchev–Trinajstić information content (AvgIpc) is 2.36. The Labute approximate surface area is 122 Å². The van der Waals surface area contributed by atoms with Gasteiger partial charge >= 0.3 is 0 Å². The van der Waals surface area contributed by atoms with Crippen LogP contribution in [0, 0.1) is 23.2 Å². The zero-order valence-electron chi connectivity index (χ0n) is 13.1. The van der Waals surface area contributed by atoms with Crippen LogP contribution in [-0.4, -0.2) is 31.6 Å². The lowest BCUT2D eigenvalue weighted by molar-refractivity contribution is 0.410. The van der Waals surface area contributed by atoms with Crippen molar-refractivity contribution in [2.24, 2.45) is 11.8 Å². The van der Waals surface area contributed by atoms with Gasteiger partial charge in [-0.2, -0.15) is 5.26 Å². The third kappa shape index (κ3) is 2.55. The van der Waals surface area contributed by atoms with Crippen LogP contribution < -0.4 is 0 Å². The highest BCUT2D eigenvalue weighted by atomic mass is 32.2. The normalized spacial score (nSPS) is 23.8. The molecule has 1 aliphatic rings. The van der Waals surface area contributed by atoms with Crippen molar-refractivity contribution in [2.45, 2.75) is 38.9 Å². The molecule has 0 radical (unpaired) electrons. The Bertz CT molecular complexity index is 577. The van der Waals surface area contributed by atoms with E-state index in [1.807, 2.05) is 27.7 Å². The summed E-state index contributed by atoms with van der Waals surface area (Å²) in [6.07, 6.45) is 3.78. The van der Waals surface area contributed by atoms with Gasteiger partial charge in [-0.1, -0.05) is 33.8 Å². The number of hydrogen-bond acceptors (Lipinski definition) is 3. The van der Waals surface area contributed by atoms with Crippen molar-refractivity contribution in [3.63, 3.8) is 0 Å². The minimum Gasteiger partial charge on any atom is -0.211 e. The fraction of sp³-hybridized carbons (Fsp3) is 0.667. The molecule has 112 valence electrons. The summed E-state index contributed by atoms with van der Waals surface area (Å²) in [5.74, 6) is 0.0882. The molecule has 5 heteroatoms. The smallest absolute Gasteiger partial charge is 0.211 e. The maximum absolute atomic E-state index is 12.8. The quantitative estimate of drug-likeness (QED) is 0.801. The summed E-state index contributed by atoms with van der Waals surface area (Å²) in [7, 11) is -0.333. The van der Waals surface area contributed by atoms with Gasteiger partial charge in [0.15, 0.2) is 0 Å². The van der Waals surface area contributed by atoms with Gasteiger partial charge in [0.05, 0.1) is 11.6 Å². The monoisotopic (exact) mass is 296 g/mol. The van der Waals surface area contributed by atoms with Gasteiger partial charge in [-0.3, -0.25) is 0 Å². The topological polar surface area (TPSA) is 61.2 Å². The molecule has 0 amide bonds. The van der Waals surface area contributed by atoms with Crippen LogP contribution in [0.1, 0.15) is 34.1 Å². The molecule has 1 rings (SSSR count). The maximum Gasteiger partial charge on any atom is 0.223 e. The average molecular weight is 296 g/mol. The van der Waals surface area contributed by atoms with Gasteiger partial charge in [-0.05, 0) is 29.9 Å². The third-order valence-electron chi connectivity index (χ3n) is 4.10. The van der Waals surface area contributed by atoms with Crippen molar-refractivity contribution in [3.8, 4) is 6.07 Å². The third-order valence-corrected chi connectivity index (χ3v) is 6.77. The van der Waals surface area contributed by atoms with E-state index < -0.39 is 14.8 Å². The molecule has 0 aromatic carbocycles. The number of nitriles is 1. The molecular formula is C15H24N2O2S. The molecule has 1 atom stereocenters. The Balaban J connectivity index is 3.48. The van der Waals surface area contributed by atoms with E-state index in [0.29, 0.717) is 12.0 Å². The molecule has 0 fully saturated rings. The van der Waals surface area contributed by atoms with Crippen LogP contribution in [0.2, 0.25) is 0 Å². The lowest BCUT2D eigenvalue weighted by Crippen LogP contribution is -2.49. The zero-order valence-corrected chi connectivity index (χ0v) is 14.0. The fourth-order valence-electron chi connectivity index (χ4n) is 2.62. The van der Waals surface area contributed by atoms with Crippen molar-refractivity contribution in [1.29, 1.82) is 5.26 Å². The summed E-state index contributed by atoms with van der Waals surface area (Å²) in [5.41, 5.74) is 1.53. The number of allylic oxidation sites excluding steroid dienone is 3. The van der Waals surface area contributed by atoms with Gasteiger partial charge in [0.2, 0.25) is 10.0 Å². The Hall–Kier alpha value is -1.12. The zero-order chi connectivity index (χ0) is 15.7. The van der Waals surface area contributed by atoms with E-state index in [1.165, 1.54) is 4.31 Å². The summed E-state index contributed by atoms with van der Waals surface area (Å²) < 4.78 is 25.9. The van der Waals surface area contributed by atoms with Crippen molar-refractivity contribution in [2.75, 3.05) is 14.1 Å². The molecule has 0 saturated carbocycles. The first-order valence-electron chi connectivity index (χ1n) is 6.84. The van der Waals surface area contributed by atoms with E-state index in [-0.39, 0.29) is 11.8 Å². The van der Waals surface area contributed by atoms with Crippen LogP contribution in [0.4, 0.5) is 0 Å². The molecule has 1 aliphatic carbocycles. The summed E-state index contributed by atoms with van der Waals surface area (Å²) in [4.78, 5) is 0. The summed E-state index contributed by atoms with van der Waals surface area (Å²) >= 11 is 0. The molecule has 0 aliphatic heterocycles. The van der Waals surface area contributed by atoms with Gasteiger partial charge in [0, 0.05) is 14.1 Å². The highest BCUT2D eigenvalue weighted by molar-refractivity contribution is 7.90. The molecule has 0 aromatic heterocycles. The Morgan fingerprint density at radius 3 is 2.20 bits per heavy atom. The van der Waals surface area contributed by atoms with E-state index in [2.05, 4.69) is 6.07 Å². The first kappa shape index (κ1) is 16.9. The predicted octanol–water partition coefficient (Wildman–Crippen LogP) is 2.71. The van der Waals surface area contributed by atoms with Crippen LogP contribution in [0.3, 0.4) is 0 Å². The van der Waals surface area contributed by atoms with Crippen LogP contribution in [0.5, 0.6) is 0 Å². The van der Waals surface area contributed by atoms with Crippen molar-refractivity contribution < 1.29 is 8.42 Å². The van der Waals surface area contributed by atoms with Gasteiger partial charge in [0.1, 0.15) is 4.75 Å². The van der Waals surface area contributed by atoms with Crippen LogP contribution in [-0.2, 0) is 10.0 Å². The highest BCUT2D eigenvalue weighted by Crippen LogP contribution is 2.42. The number of nitrogens with zero attached hydrogens (tertiary/aromatic N) is 2. The summed E-state index contributed by atoms with van der Waals surface area (Å²) in [6, 6.07) is 2.18. The maximum atomic E-state index is 12.8. The molecule has 0 heterocycles. The second-order valence-electron chi connectivity index (χ2n) is 6.11. The predicted molar refractivity (Wildman–Crippen MR) is 81.4 cm³/mol. The summed E-state index contributed by atoms with van der Waals surface area (Å²) in [5, 5.41) is 9.21. The largest absolute Gasteiger partial charge is 0.223 e. The first-order valence-corrected chi connectivity index (χ1v) is 8.28. The van der Waals surface area contributed by atoms with Crippen molar-refractivity contribution >= 4 is 10.0 Å². The second-order valence-corrected chi connectivity index (χ2v) is 8.55. The molecule has 0 bridgehead atoms. The molecule has 4 nitrogen and oxygen atoms in total. The highest BCUT2D eigenvalue weighted by Gasteiger charge is 2.48. The molecule has 0 aromatic rings. The van der Waals surface area contributed by atoms with Gasteiger partial charge in [-0.25, -0.2) is 12.7 Å². The van der Waals surface area contributed by atoms with E-state index in [0.717, 1.165) is 5.57 Å². The van der Waals surface area contributed by atoms with Gasteiger partial charge in [0.25, 0.3) is 0 Å². The SMILES string of the molecule is CC(C)C1=C(C#N)C=CC(C(C)C)(S(=O)(=O)N(C)C)C1. The Kier molecular flexibility index (Phi) is 4.83. The van der Waals surface area contributed by atoms with Gasteiger partial charge < -0.3 is 0 Å². The lowest BCUT2D eigenvalue weighted by atomic mass is 9.79. The molecule has 0 N–H and O–H groups in total. The molecule has 0 saturated heterocycles. The van der Waals surface area contributed by atoms with E-state index in [1.54, 1.807) is 26.2 Å². The standard InChI is InChI=1S/C15H24N2O2S/c1-11(2)14-9-15(12(3)4,8-7-13(14)10-16)20(18,19)17(5)6/h7-8,11-12H,9H2,1-6H3. The minimum atomic E-state index is -3.46. The second kappa shape index (κ2) is 5.71. The molecule has 1 unspecified atom stereocenters. The van der Waals surface area contributed by atoms with Crippen LogP contribution in [0.15, 0.2) is 23.3 Å². The Morgan fingerprint density at radius 2 is 1.85 bits per heavy atom. The number of hydrogen-bond donors (Lipinski definition) is 0.